The van der Waals surface area contributed by atoms with Crippen LogP contribution >= 0.6 is 11.3 Å². The molecule has 0 amide bonds. The second-order valence-corrected chi connectivity index (χ2v) is 4.90. The third-order valence-electron chi connectivity index (χ3n) is 2.72. The zero-order chi connectivity index (χ0) is 11.7. The average Bonchev–Trinajstić information content (AvgIpc) is 2.98. The van der Waals surface area contributed by atoms with Gasteiger partial charge in [0.15, 0.2) is 0 Å². The van der Waals surface area contributed by atoms with Crippen LogP contribution in [0.4, 0.5) is 5.82 Å². The Labute approximate surface area is 104 Å². The van der Waals surface area contributed by atoms with Gasteiger partial charge in [-0.1, -0.05) is 18.2 Å². The third-order valence-corrected chi connectivity index (χ3v) is 3.61. The van der Waals surface area contributed by atoms with Gasteiger partial charge in [0, 0.05) is 6.07 Å². The second kappa shape index (κ2) is 4.22. The van der Waals surface area contributed by atoms with E-state index in [-0.39, 0.29) is 0 Å². The molecule has 0 fully saturated rings. The van der Waals surface area contributed by atoms with E-state index >= 15 is 0 Å². The summed E-state index contributed by atoms with van der Waals surface area (Å²) in [5.41, 5.74) is 7.99. The number of aromatic nitrogens is 2. The predicted octanol–water partition coefficient (Wildman–Crippen LogP) is 3.38. The number of hydrogen-bond donors (Lipinski definition) is 1. The first-order chi connectivity index (χ1) is 8.34. The Kier molecular flexibility index (Phi) is 2.57. The standard InChI is InChI=1S/C13H13N3S/c14-13-9-11(12-7-4-8-17-12)16(15-13)10-5-2-1-3-6-10/h2,4-9H,1,3H2,(H2,14,15). The SMILES string of the molecule is Nc1cc(-c2cccs2)n(C2=CCCC=C2)n1. The number of allylic oxidation sites excluding steroid dienone is 4. The second-order valence-electron chi connectivity index (χ2n) is 3.95. The van der Waals surface area contributed by atoms with Crippen LogP contribution in [0, 0.1) is 0 Å². The molecule has 3 nitrogen and oxygen atoms in total. The van der Waals surface area contributed by atoms with Gasteiger partial charge in [-0.25, -0.2) is 4.68 Å². The summed E-state index contributed by atoms with van der Waals surface area (Å²) in [6.07, 6.45) is 8.64. The maximum absolute atomic E-state index is 5.81. The number of hydrogen-bond acceptors (Lipinski definition) is 3. The molecule has 0 aliphatic heterocycles. The smallest absolute Gasteiger partial charge is 0.146 e. The lowest BCUT2D eigenvalue weighted by molar-refractivity contribution is 0.901. The van der Waals surface area contributed by atoms with Gasteiger partial charge < -0.3 is 5.73 Å². The molecular formula is C13H13N3S. The minimum absolute atomic E-state index is 0.563. The largest absolute Gasteiger partial charge is 0.382 e. The molecule has 4 heteroatoms. The van der Waals surface area contributed by atoms with Crippen molar-refractivity contribution in [2.75, 3.05) is 5.73 Å². The molecule has 2 N–H and O–H groups in total. The number of nitrogens with two attached hydrogens (primary N) is 1. The summed E-state index contributed by atoms with van der Waals surface area (Å²) in [6.45, 7) is 0. The van der Waals surface area contributed by atoms with Crippen molar-refractivity contribution >= 4 is 22.9 Å². The van der Waals surface area contributed by atoms with Crippen molar-refractivity contribution in [1.82, 2.24) is 9.78 Å². The topological polar surface area (TPSA) is 43.8 Å². The van der Waals surface area contributed by atoms with Crippen LogP contribution in [0.2, 0.25) is 0 Å². The van der Waals surface area contributed by atoms with E-state index in [9.17, 15) is 0 Å². The van der Waals surface area contributed by atoms with Gasteiger partial charge in [0.05, 0.1) is 16.3 Å². The van der Waals surface area contributed by atoms with E-state index in [0.717, 1.165) is 24.2 Å². The molecular weight excluding hydrogens is 230 g/mol. The van der Waals surface area contributed by atoms with Crippen LogP contribution in [-0.4, -0.2) is 9.78 Å². The van der Waals surface area contributed by atoms with Gasteiger partial charge in [-0.2, -0.15) is 5.10 Å². The zero-order valence-corrected chi connectivity index (χ0v) is 10.2. The number of thiophene rings is 1. The molecule has 2 aromatic rings. The Bertz CT molecular complexity index is 576. The van der Waals surface area contributed by atoms with E-state index in [1.165, 1.54) is 4.88 Å². The van der Waals surface area contributed by atoms with Crippen molar-refractivity contribution < 1.29 is 0 Å². The lowest BCUT2D eigenvalue weighted by Crippen LogP contribution is -2.01. The summed E-state index contributed by atoms with van der Waals surface area (Å²) in [4.78, 5) is 1.19. The van der Waals surface area contributed by atoms with Crippen molar-refractivity contribution in [2.45, 2.75) is 12.8 Å². The molecule has 0 bridgehead atoms. The Morgan fingerprint density at radius 1 is 1.35 bits per heavy atom. The van der Waals surface area contributed by atoms with Crippen molar-refractivity contribution in [2.24, 2.45) is 0 Å². The summed E-state index contributed by atoms with van der Waals surface area (Å²) < 4.78 is 1.93. The molecule has 0 radical (unpaired) electrons. The Morgan fingerprint density at radius 2 is 2.29 bits per heavy atom. The van der Waals surface area contributed by atoms with E-state index < -0.39 is 0 Å². The fraction of sp³-hybridized carbons (Fsp3) is 0.154. The molecule has 0 atom stereocenters. The summed E-state index contributed by atoms with van der Waals surface area (Å²) in [5.74, 6) is 0.563. The lowest BCUT2D eigenvalue weighted by atomic mass is 10.1. The maximum atomic E-state index is 5.81. The highest BCUT2D eigenvalue weighted by Crippen LogP contribution is 2.29. The van der Waals surface area contributed by atoms with Crippen LogP contribution < -0.4 is 5.73 Å². The van der Waals surface area contributed by atoms with Crippen molar-refractivity contribution in [1.29, 1.82) is 0 Å². The van der Waals surface area contributed by atoms with E-state index in [0.29, 0.717) is 5.82 Å². The summed E-state index contributed by atoms with van der Waals surface area (Å²) >= 11 is 1.70. The maximum Gasteiger partial charge on any atom is 0.146 e. The van der Waals surface area contributed by atoms with E-state index in [1.54, 1.807) is 11.3 Å². The van der Waals surface area contributed by atoms with Crippen molar-refractivity contribution in [3.63, 3.8) is 0 Å². The first kappa shape index (κ1) is 10.4. The average molecular weight is 243 g/mol. The van der Waals surface area contributed by atoms with Crippen LogP contribution in [0.15, 0.2) is 41.8 Å². The van der Waals surface area contributed by atoms with Crippen LogP contribution in [0.1, 0.15) is 12.8 Å². The van der Waals surface area contributed by atoms with Crippen LogP contribution in [0.5, 0.6) is 0 Å². The molecule has 0 aromatic carbocycles. The van der Waals surface area contributed by atoms with Gasteiger partial charge >= 0.3 is 0 Å². The minimum Gasteiger partial charge on any atom is -0.382 e. The highest BCUT2D eigenvalue weighted by atomic mass is 32.1. The Morgan fingerprint density at radius 3 is 3.00 bits per heavy atom. The Hall–Kier alpha value is -1.81. The summed E-state index contributed by atoms with van der Waals surface area (Å²) in [5, 5.41) is 6.44. The number of nitrogen functional groups attached to an aromatic ring is 1. The quantitative estimate of drug-likeness (QED) is 0.878. The van der Waals surface area contributed by atoms with Crippen molar-refractivity contribution in [3.05, 3.63) is 41.8 Å². The van der Waals surface area contributed by atoms with E-state index in [2.05, 4.69) is 34.8 Å². The van der Waals surface area contributed by atoms with Gasteiger partial charge in [0.1, 0.15) is 5.82 Å². The van der Waals surface area contributed by atoms with Crippen LogP contribution in [0.25, 0.3) is 16.3 Å². The molecule has 0 saturated carbocycles. The lowest BCUT2D eigenvalue weighted by Gasteiger charge is -2.09. The molecule has 1 aliphatic carbocycles. The number of rotatable bonds is 2. The predicted molar refractivity (Wildman–Crippen MR) is 72.6 cm³/mol. The third kappa shape index (κ3) is 1.91. The Balaban J connectivity index is 2.11. The number of nitrogens with zero attached hydrogens (tertiary/aromatic N) is 2. The molecule has 2 heterocycles. The molecule has 1 aliphatic rings. The molecule has 0 unspecified atom stereocenters. The zero-order valence-electron chi connectivity index (χ0n) is 9.34. The normalized spacial score (nSPS) is 14.9. The minimum atomic E-state index is 0.563. The number of anilines is 1. The fourth-order valence-corrected chi connectivity index (χ4v) is 2.68. The first-order valence-electron chi connectivity index (χ1n) is 5.61. The van der Waals surface area contributed by atoms with Gasteiger partial charge in [-0.3, -0.25) is 0 Å². The molecule has 3 rings (SSSR count). The van der Waals surface area contributed by atoms with Gasteiger partial charge in [-0.05, 0) is 30.4 Å². The molecule has 86 valence electrons. The van der Waals surface area contributed by atoms with E-state index in [4.69, 9.17) is 5.73 Å². The van der Waals surface area contributed by atoms with Crippen molar-refractivity contribution in [3.8, 4) is 10.6 Å². The van der Waals surface area contributed by atoms with Crippen LogP contribution in [-0.2, 0) is 0 Å². The summed E-state index contributed by atoms with van der Waals surface area (Å²) in [7, 11) is 0. The molecule has 2 aromatic heterocycles. The summed E-state index contributed by atoms with van der Waals surface area (Å²) in [6, 6.07) is 6.05. The molecule has 17 heavy (non-hydrogen) atoms. The van der Waals surface area contributed by atoms with Gasteiger partial charge in [0.2, 0.25) is 0 Å². The fourth-order valence-electron chi connectivity index (χ4n) is 1.95. The first-order valence-corrected chi connectivity index (χ1v) is 6.49. The monoisotopic (exact) mass is 243 g/mol. The molecule has 0 spiro atoms. The van der Waals surface area contributed by atoms with Gasteiger partial charge in [-0.15, -0.1) is 11.3 Å². The highest BCUT2D eigenvalue weighted by molar-refractivity contribution is 7.13. The van der Waals surface area contributed by atoms with Crippen LogP contribution in [0.3, 0.4) is 0 Å². The van der Waals surface area contributed by atoms with E-state index in [1.807, 2.05) is 16.8 Å². The van der Waals surface area contributed by atoms with Gasteiger partial charge in [0.25, 0.3) is 0 Å². The highest BCUT2D eigenvalue weighted by Gasteiger charge is 2.12. The molecule has 0 saturated heterocycles.